The molecule has 7 nitrogen and oxygen atoms in total. The van der Waals surface area contributed by atoms with Gasteiger partial charge in [-0.2, -0.15) is 0 Å². The Morgan fingerprint density at radius 1 is 0.178 bits per heavy atom. The number of furan rings is 2. The van der Waals surface area contributed by atoms with Crippen molar-refractivity contribution in [2.45, 2.75) is 0 Å². The summed E-state index contributed by atoms with van der Waals surface area (Å²) in [6, 6.07) is 151. The maximum Gasteiger partial charge on any atom is 0.138 e. The van der Waals surface area contributed by atoms with Gasteiger partial charge in [0.2, 0.25) is 0 Å². The predicted molar refractivity (Wildman–Crippen MR) is 489 cm³/mol. The van der Waals surface area contributed by atoms with Crippen molar-refractivity contribution in [3.8, 4) is 134 Å². The Hall–Kier alpha value is -15.8. The number of para-hydroxylation sites is 1. The lowest BCUT2D eigenvalue weighted by Crippen LogP contribution is -2.00. The normalized spacial score (nSPS) is 11.6. The molecule has 0 spiro atoms. The number of hydrogen-bond acceptors (Lipinski definition) is 5. The monoisotopic (exact) mass is 1510 g/mol. The molecular weight excluding hydrogens is 1440 g/mol. The zero-order valence-electron chi connectivity index (χ0n) is 64.0. The van der Waals surface area contributed by atoms with Crippen LogP contribution in [0.2, 0.25) is 0 Å². The molecule has 118 heavy (non-hydrogen) atoms. The van der Waals surface area contributed by atoms with Crippen LogP contribution in [-0.2, 0) is 0 Å². The van der Waals surface area contributed by atoms with Crippen LogP contribution in [0.1, 0.15) is 0 Å². The number of benzene rings is 16. The Morgan fingerprint density at radius 2 is 0.483 bits per heavy atom. The highest BCUT2D eigenvalue weighted by molar-refractivity contribution is 6.14. The van der Waals surface area contributed by atoms with E-state index in [1.165, 1.54) is 60.8 Å². The van der Waals surface area contributed by atoms with Crippen LogP contribution in [0.4, 0.5) is 0 Å². The van der Waals surface area contributed by atoms with Gasteiger partial charge in [0.15, 0.2) is 0 Å². The summed E-state index contributed by atoms with van der Waals surface area (Å²) in [5.41, 5.74) is 34.6. The van der Waals surface area contributed by atoms with Crippen LogP contribution in [0.15, 0.2) is 440 Å². The fourth-order valence-electron chi connectivity index (χ4n) is 17.1. The number of fused-ring (bicyclic) bond motifs is 12. The van der Waals surface area contributed by atoms with Crippen LogP contribution in [-0.4, -0.2) is 24.1 Å². The first-order chi connectivity index (χ1) is 58.4. The number of hydrogen-bond donors (Lipinski definition) is 0. The summed E-state index contributed by atoms with van der Waals surface area (Å²) in [4.78, 5) is 15.6. The molecule has 7 heteroatoms. The van der Waals surface area contributed by atoms with E-state index in [9.17, 15) is 0 Å². The average molecular weight is 1510 g/mol. The van der Waals surface area contributed by atoms with Crippen LogP contribution in [0.3, 0.4) is 0 Å². The summed E-state index contributed by atoms with van der Waals surface area (Å²) in [6.07, 6.45) is 1.88. The minimum atomic E-state index is 0.837. The summed E-state index contributed by atoms with van der Waals surface area (Å²) in [5, 5.41) is 7.95. The summed E-state index contributed by atoms with van der Waals surface area (Å²) >= 11 is 0. The van der Waals surface area contributed by atoms with Gasteiger partial charge >= 0.3 is 0 Å². The Morgan fingerprint density at radius 3 is 0.958 bits per heavy atom. The van der Waals surface area contributed by atoms with Crippen LogP contribution < -0.4 is 0 Å². The van der Waals surface area contributed by atoms with Crippen molar-refractivity contribution in [1.82, 2.24) is 24.1 Å². The van der Waals surface area contributed by atoms with Crippen LogP contribution in [0.25, 0.3) is 222 Å². The molecule has 0 fully saturated rings. The van der Waals surface area contributed by atoms with Gasteiger partial charge in [0.1, 0.15) is 28.1 Å². The second-order valence-electron chi connectivity index (χ2n) is 30.2. The number of aromatic nitrogens is 5. The molecule has 0 N–H and O–H groups in total. The van der Waals surface area contributed by atoms with Crippen LogP contribution in [0, 0.1) is 0 Å². The van der Waals surface area contributed by atoms with Gasteiger partial charge in [0.25, 0.3) is 0 Å². The molecular formula is C111H71N5O2. The Balaban J connectivity index is 0.000000143. The molecule has 0 aliphatic rings. The second kappa shape index (κ2) is 29.3. The topological polar surface area (TPSA) is 74.8 Å². The molecule has 0 amide bonds. The molecule has 23 aromatic rings. The Kier molecular flexibility index (Phi) is 17.1. The quantitative estimate of drug-likeness (QED) is 0.115. The SMILES string of the molecule is c1ccc(-c2cc(-c3ccccc3)nc(-c3ccc(-n4c5ccc(-c6ccccc6)cc5c5cc(-c6ccc7oc8ccc(-c9ccccc9)cc8c7c6)ccc54)cc3)c2)cc1.c1ccc(-c2ccc(-c3cc(-c4ccc(-c5ccccc5)cc4)nc(-n4c5ccc(-c6ccc7oc8ccccc8c7c6)cc5c5ncccc54)c3)cc2)cc1. The lowest BCUT2D eigenvalue weighted by molar-refractivity contribution is 0.668. The van der Waals surface area contributed by atoms with Gasteiger partial charge in [-0.1, -0.05) is 297 Å². The van der Waals surface area contributed by atoms with Gasteiger partial charge in [0.05, 0.1) is 44.7 Å². The van der Waals surface area contributed by atoms with Gasteiger partial charge in [-0.15, -0.1) is 0 Å². The largest absolute Gasteiger partial charge is 0.456 e. The second-order valence-corrected chi connectivity index (χ2v) is 30.2. The lowest BCUT2D eigenvalue weighted by Gasteiger charge is -2.14. The minimum absolute atomic E-state index is 0.837. The van der Waals surface area contributed by atoms with E-state index in [1.807, 2.05) is 36.5 Å². The summed E-state index contributed by atoms with van der Waals surface area (Å²) in [7, 11) is 0. The van der Waals surface area contributed by atoms with E-state index in [-0.39, 0.29) is 0 Å². The van der Waals surface area contributed by atoms with Crippen molar-refractivity contribution in [2.75, 3.05) is 0 Å². The Labute approximate surface area is 681 Å². The molecule has 0 bridgehead atoms. The predicted octanol–water partition coefficient (Wildman–Crippen LogP) is 29.9. The van der Waals surface area contributed by atoms with Crippen molar-refractivity contribution in [1.29, 1.82) is 0 Å². The van der Waals surface area contributed by atoms with Gasteiger partial charge in [-0.05, 0) is 216 Å². The van der Waals surface area contributed by atoms with Crippen molar-refractivity contribution >= 4 is 87.6 Å². The molecule has 0 radical (unpaired) electrons. The molecule has 0 unspecified atom stereocenters. The summed E-state index contributed by atoms with van der Waals surface area (Å²) in [5.74, 6) is 0.837. The highest BCUT2D eigenvalue weighted by Crippen LogP contribution is 2.44. The van der Waals surface area contributed by atoms with Gasteiger partial charge in [0, 0.05) is 66.3 Å². The van der Waals surface area contributed by atoms with Crippen molar-refractivity contribution in [3.05, 3.63) is 431 Å². The summed E-state index contributed by atoms with van der Waals surface area (Å²) in [6.45, 7) is 0. The zero-order valence-corrected chi connectivity index (χ0v) is 64.0. The average Bonchev–Trinajstić information content (AvgIpc) is 1.58. The van der Waals surface area contributed by atoms with Crippen LogP contribution >= 0.6 is 0 Å². The zero-order chi connectivity index (χ0) is 78.0. The molecule has 0 atom stereocenters. The number of rotatable bonds is 13. The van der Waals surface area contributed by atoms with E-state index in [0.717, 1.165) is 161 Å². The lowest BCUT2D eigenvalue weighted by atomic mass is 9.98. The van der Waals surface area contributed by atoms with Gasteiger partial charge < -0.3 is 13.4 Å². The van der Waals surface area contributed by atoms with E-state index in [0.29, 0.717) is 0 Å². The standard InChI is InChI=1S/C59H38N2O.C52H33N3O/c1-5-13-39(14-6-1)44-23-29-56-50(33-44)51-34-46(47-26-32-59-53(36-47)52-35-45(25-31-58(52)62-59)40-15-7-2-8-16-40)24-30-57(51)61(56)49-27-21-43(22-28-49)55-38-48(41-17-9-3-10-18-41)37-54(60-55)42-19-11-4-12-20-42;1-3-10-34(11-4-1)36-17-19-38(20-18-36)42-32-46(39-23-21-37(22-24-39)35-12-5-2-6-13-35)54-51(33-42)55-47-27-25-40(31-45(47)52-48(55)15-9-29-53-52)41-26-28-50-44(30-41)43-14-7-8-16-49(43)56-50/h1-38H;1-33H. The third-order valence-electron chi connectivity index (χ3n) is 23.1. The molecule has 0 aliphatic carbocycles. The van der Waals surface area contributed by atoms with E-state index in [4.69, 9.17) is 23.8 Å². The molecule has 7 heterocycles. The molecule has 0 saturated carbocycles. The number of nitrogens with zero attached hydrogens (tertiary/aromatic N) is 5. The molecule has 0 aliphatic heterocycles. The van der Waals surface area contributed by atoms with Gasteiger partial charge in [-0.3, -0.25) is 9.55 Å². The fraction of sp³-hybridized carbons (Fsp3) is 0. The van der Waals surface area contributed by atoms with Crippen LogP contribution in [0.5, 0.6) is 0 Å². The third kappa shape index (κ3) is 12.7. The minimum Gasteiger partial charge on any atom is -0.456 e. The maximum absolute atomic E-state index is 6.35. The highest BCUT2D eigenvalue weighted by Gasteiger charge is 2.22. The summed E-state index contributed by atoms with van der Waals surface area (Å²) < 4.78 is 17.1. The molecule has 16 aromatic carbocycles. The maximum atomic E-state index is 6.35. The smallest absolute Gasteiger partial charge is 0.138 e. The third-order valence-corrected chi connectivity index (χ3v) is 23.1. The first-order valence-electron chi connectivity index (χ1n) is 40.0. The van der Waals surface area contributed by atoms with E-state index in [2.05, 4.69) is 403 Å². The van der Waals surface area contributed by atoms with E-state index in [1.54, 1.807) is 0 Å². The number of pyridine rings is 3. The van der Waals surface area contributed by atoms with Gasteiger partial charge in [-0.25, -0.2) is 9.97 Å². The molecule has 7 aromatic heterocycles. The fourth-order valence-corrected chi connectivity index (χ4v) is 17.1. The van der Waals surface area contributed by atoms with Crippen molar-refractivity contribution in [2.24, 2.45) is 0 Å². The highest BCUT2D eigenvalue weighted by atomic mass is 16.3. The first-order valence-corrected chi connectivity index (χ1v) is 40.0. The van der Waals surface area contributed by atoms with Crippen molar-refractivity contribution in [3.63, 3.8) is 0 Å². The molecule has 23 rings (SSSR count). The molecule has 552 valence electrons. The molecule has 0 saturated heterocycles. The van der Waals surface area contributed by atoms with E-state index < -0.39 is 0 Å². The Bertz CT molecular complexity index is 7570. The van der Waals surface area contributed by atoms with E-state index >= 15 is 0 Å². The van der Waals surface area contributed by atoms with Crippen molar-refractivity contribution < 1.29 is 8.83 Å². The first kappa shape index (κ1) is 68.9.